The lowest BCUT2D eigenvalue weighted by Gasteiger charge is -2.35. The molecular formula is C13H28N4O3S. The Morgan fingerprint density at radius 1 is 1.19 bits per heavy atom. The Morgan fingerprint density at radius 3 is 2.14 bits per heavy atom. The molecule has 0 aromatic carbocycles. The highest BCUT2D eigenvalue weighted by Crippen LogP contribution is 2.11. The Morgan fingerprint density at radius 2 is 1.71 bits per heavy atom. The van der Waals surface area contributed by atoms with E-state index in [4.69, 9.17) is 0 Å². The van der Waals surface area contributed by atoms with Gasteiger partial charge in [0.05, 0.1) is 0 Å². The molecule has 0 aliphatic carbocycles. The zero-order chi connectivity index (χ0) is 16.2. The summed E-state index contributed by atoms with van der Waals surface area (Å²) >= 11 is 0. The van der Waals surface area contributed by atoms with Crippen molar-refractivity contribution in [3.63, 3.8) is 0 Å². The van der Waals surface area contributed by atoms with Gasteiger partial charge in [0.25, 0.3) is 10.2 Å². The number of hydrogen-bond acceptors (Lipinski definition) is 4. The van der Waals surface area contributed by atoms with Gasteiger partial charge in [-0.3, -0.25) is 4.79 Å². The van der Waals surface area contributed by atoms with E-state index in [0.717, 1.165) is 17.4 Å². The fourth-order valence-corrected chi connectivity index (χ4v) is 2.97. The number of piperazine rings is 1. The minimum Gasteiger partial charge on any atom is -0.339 e. The molecule has 0 aromatic heterocycles. The van der Waals surface area contributed by atoms with Crippen LogP contribution in [0.15, 0.2) is 0 Å². The molecule has 1 rings (SSSR count). The molecule has 1 N–H and O–H groups in total. The van der Waals surface area contributed by atoms with E-state index in [9.17, 15) is 13.2 Å². The third-order valence-electron chi connectivity index (χ3n) is 3.59. The summed E-state index contributed by atoms with van der Waals surface area (Å²) in [6.07, 6.45) is 0.498. The fourth-order valence-electron chi connectivity index (χ4n) is 2.20. The maximum atomic E-state index is 12.6. The number of carbonyl (C=O) groups excluding carboxylic acids is 1. The number of likely N-dealkylation sites (N-methyl/N-ethyl adjacent to an activating group) is 1. The monoisotopic (exact) mass is 320 g/mol. The second kappa shape index (κ2) is 7.53. The van der Waals surface area contributed by atoms with Gasteiger partial charge >= 0.3 is 0 Å². The molecule has 21 heavy (non-hydrogen) atoms. The molecule has 1 amide bonds. The largest absolute Gasteiger partial charge is 0.339 e. The van der Waals surface area contributed by atoms with Crippen LogP contribution in [0.25, 0.3) is 0 Å². The van der Waals surface area contributed by atoms with Crippen molar-refractivity contribution in [2.45, 2.75) is 26.3 Å². The lowest BCUT2D eigenvalue weighted by Crippen LogP contribution is -2.55. The lowest BCUT2D eigenvalue weighted by atomic mass is 10.0. The summed E-state index contributed by atoms with van der Waals surface area (Å²) in [6.45, 7) is 6.89. The Hall–Kier alpha value is -0.700. The Balaban J connectivity index is 2.79. The van der Waals surface area contributed by atoms with Gasteiger partial charge in [0.1, 0.15) is 6.04 Å². The van der Waals surface area contributed by atoms with E-state index in [1.165, 1.54) is 14.1 Å². The molecule has 0 saturated carbocycles. The van der Waals surface area contributed by atoms with Gasteiger partial charge in [0, 0.05) is 40.3 Å². The van der Waals surface area contributed by atoms with E-state index in [1.807, 2.05) is 20.9 Å². The van der Waals surface area contributed by atoms with Crippen LogP contribution in [0, 0.1) is 5.92 Å². The third-order valence-corrected chi connectivity index (χ3v) is 5.14. The smallest absolute Gasteiger partial charge is 0.279 e. The Kier molecular flexibility index (Phi) is 6.58. The molecule has 1 heterocycles. The van der Waals surface area contributed by atoms with Crippen LogP contribution in [-0.2, 0) is 15.0 Å². The van der Waals surface area contributed by atoms with Gasteiger partial charge in [-0.2, -0.15) is 17.4 Å². The number of amides is 1. The first-order chi connectivity index (χ1) is 9.63. The summed E-state index contributed by atoms with van der Waals surface area (Å²) < 4.78 is 27.6. The third kappa shape index (κ3) is 5.54. The van der Waals surface area contributed by atoms with Crippen LogP contribution in [0.1, 0.15) is 20.3 Å². The highest BCUT2D eigenvalue weighted by molar-refractivity contribution is 7.87. The van der Waals surface area contributed by atoms with Crippen molar-refractivity contribution in [2.24, 2.45) is 5.92 Å². The highest BCUT2D eigenvalue weighted by atomic mass is 32.2. The number of carbonyl (C=O) groups is 1. The first kappa shape index (κ1) is 18.3. The predicted molar refractivity (Wildman–Crippen MR) is 83.1 cm³/mol. The van der Waals surface area contributed by atoms with Gasteiger partial charge in [0.2, 0.25) is 5.91 Å². The first-order valence-electron chi connectivity index (χ1n) is 7.30. The zero-order valence-electron chi connectivity index (χ0n) is 13.7. The number of hydrogen-bond donors (Lipinski definition) is 1. The maximum Gasteiger partial charge on any atom is 0.279 e. The Bertz CT molecular complexity index is 442. The second-order valence-corrected chi connectivity index (χ2v) is 8.13. The number of nitrogens with one attached hydrogen (secondary N) is 1. The normalized spacial score (nSPS) is 19.3. The van der Waals surface area contributed by atoms with Crippen molar-refractivity contribution in [1.82, 2.24) is 18.8 Å². The van der Waals surface area contributed by atoms with E-state index in [0.29, 0.717) is 19.5 Å². The van der Waals surface area contributed by atoms with E-state index in [2.05, 4.69) is 9.62 Å². The van der Waals surface area contributed by atoms with Gasteiger partial charge in [-0.15, -0.1) is 0 Å². The standard InChI is InChI=1S/C13H28N4O3S/c1-11(2)10-12(14-21(19,20)15(3)4)13(18)17-8-6-16(5)7-9-17/h11-12,14H,6-10H2,1-5H3/t12-/m0/s1. The summed E-state index contributed by atoms with van der Waals surface area (Å²) in [6, 6.07) is -0.694. The lowest BCUT2D eigenvalue weighted by molar-refractivity contribution is -0.135. The summed E-state index contributed by atoms with van der Waals surface area (Å²) in [5.41, 5.74) is 0. The van der Waals surface area contributed by atoms with Crippen LogP contribution in [-0.4, -0.2) is 81.8 Å². The quantitative estimate of drug-likeness (QED) is 0.721. The molecule has 1 aliphatic rings. The van der Waals surface area contributed by atoms with Crippen molar-refractivity contribution >= 4 is 16.1 Å². The van der Waals surface area contributed by atoms with Gasteiger partial charge in [-0.25, -0.2) is 0 Å². The van der Waals surface area contributed by atoms with Gasteiger partial charge in [0.15, 0.2) is 0 Å². The second-order valence-electron chi connectivity index (χ2n) is 6.22. The molecule has 1 saturated heterocycles. The summed E-state index contributed by atoms with van der Waals surface area (Å²) in [7, 11) is 1.31. The van der Waals surface area contributed by atoms with Crippen molar-refractivity contribution in [2.75, 3.05) is 47.3 Å². The summed E-state index contributed by atoms with van der Waals surface area (Å²) in [5.74, 6) is 0.110. The van der Waals surface area contributed by atoms with Crippen LogP contribution < -0.4 is 4.72 Å². The molecule has 8 heteroatoms. The van der Waals surface area contributed by atoms with Gasteiger partial charge in [-0.05, 0) is 19.4 Å². The average Bonchev–Trinajstić information content (AvgIpc) is 2.37. The van der Waals surface area contributed by atoms with Crippen LogP contribution in [0.4, 0.5) is 0 Å². The van der Waals surface area contributed by atoms with E-state index in [-0.39, 0.29) is 11.8 Å². The molecule has 1 atom stereocenters. The van der Waals surface area contributed by atoms with E-state index >= 15 is 0 Å². The van der Waals surface area contributed by atoms with Crippen molar-refractivity contribution in [1.29, 1.82) is 0 Å². The summed E-state index contributed by atoms with van der Waals surface area (Å²) in [4.78, 5) is 16.5. The van der Waals surface area contributed by atoms with Crippen LogP contribution in [0.3, 0.4) is 0 Å². The van der Waals surface area contributed by atoms with E-state index < -0.39 is 16.3 Å². The molecule has 0 bridgehead atoms. The van der Waals surface area contributed by atoms with E-state index in [1.54, 1.807) is 4.90 Å². The minimum atomic E-state index is -3.61. The first-order valence-corrected chi connectivity index (χ1v) is 8.74. The summed E-state index contributed by atoms with van der Waals surface area (Å²) in [5, 5.41) is 0. The molecular weight excluding hydrogens is 292 g/mol. The molecule has 1 aliphatic heterocycles. The minimum absolute atomic E-state index is 0.123. The van der Waals surface area contributed by atoms with Gasteiger partial charge in [-0.1, -0.05) is 13.8 Å². The topological polar surface area (TPSA) is 73.0 Å². The number of rotatable bonds is 6. The van der Waals surface area contributed by atoms with Crippen molar-refractivity contribution in [3.8, 4) is 0 Å². The molecule has 7 nitrogen and oxygen atoms in total. The van der Waals surface area contributed by atoms with Crippen LogP contribution in [0.2, 0.25) is 0 Å². The molecule has 0 unspecified atom stereocenters. The van der Waals surface area contributed by atoms with Crippen molar-refractivity contribution in [3.05, 3.63) is 0 Å². The maximum absolute atomic E-state index is 12.6. The average molecular weight is 320 g/mol. The predicted octanol–water partition coefficient (Wildman–Crippen LogP) is -0.429. The number of nitrogens with zero attached hydrogens (tertiary/aromatic N) is 3. The van der Waals surface area contributed by atoms with Crippen LogP contribution >= 0.6 is 0 Å². The highest BCUT2D eigenvalue weighted by Gasteiger charge is 2.31. The Labute approximate surface area is 128 Å². The van der Waals surface area contributed by atoms with Crippen molar-refractivity contribution < 1.29 is 13.2 Å². The van der Waals surface area contributed by atoms with Gasteiger partial charge < -0.3 is 9.80 Å². The molecule has 1 fully saturated rings. The molecule has 0 radical (unpaired) electrons. The zero-order valence-corrected chi connectivity index (χ0v) is 14.5. The van der Waals surface area contributed by atoms with Crippen LogP contribution in [0.5, 0.6) is 0 Å². The SMILES string of the molecule is CC(C)C[C@H](NS(=O)(=O)N(C)C)C(=O)N1CCN(C)CC1. The fraction of sp³-hybridized carbons (Fsp3) is 0.923. The molecule has 124 valence electrons. The molecule has 0 aromatic rings. The molecule has 0 spiro atoms.